The Morgan fingerprint density at radius 1 is 1.25 bits per heavy atom. The summed E-state index contributed by atoms with van der Waals surface area (Å²) in [6.45, 7) is 5.18. The molecule has 2 aliphatic heterocycles. The molecule has 3 atom stereocenters. The van der Waals surface area contributed by atoms with Crippen molar-refractivity contribution in [3.8, 4) is 0 Å². The number of rotatable bonds is 6. The van der Waals surface area contributed by atoms with Crippen LogP contribution in [0.2, 0.25) is 0 Å². The number of hydrogen-bond donors (Lipinski definition) is 2. The second kappa shape index (κ2) is 5.95. The first-order chi connectivity index (χ1) is 9.78. The van der Waals surface area contributed by atoms with Crippen LogP contribution in [0.5, 0.6) is 0 Å². The Morgan fingerprint density at radius 3 is 2.75 bits per heavy atom. The van der Waals surface area contributed by atoms with Gasteiger partial charge >= 0.3 is 0 Å². The molecule has 0 saturated carbocycles. The fourth-order valence-electron chi connectivity index (χ4n) is 3.05. The third kappa shape index (κ3) is 2.87. The molecule has 2 saturated heterocycles. The van der Waals surface area contributed by atoms with Crippen molar-refractivity contribution >= 4 is 11.6 Å². The smallest absolute Gasteiger partial charge is 0.132 e. The van der Waals surface area contributed by atoms with Crippen molar-refractivity contribution in [3.05, 3.63) is 11.9 Å². The molecule has 5 nitrogen and oxygen atoms in total. The van der Waals surface area contributed by atoms with E-state index in [4.69, 9.17) is 4.74 Å². The van der Waals surface area contributed by atoms with E-state index in [2.05, 4.69) is 34.4 Å². The summed E-state index contributed by atoms with van der Waals surface area (Å²) in [5.74, 6) is 2.74. The zero-order valence-corrected chi connectivity index (χ0v) is 12.4. The molecule has 0 aliphatic carbocycles. The molecule has 1 aromatic rings. The molecule has 20 heavy (non-hydrogen) atoms. The molecular formula is C15H24N4O. The highest BCUT2D eigenvalue weighted by Crippen LogP contribution is 2.35. The van der Waals surface area contributed by atoms with Crippen LogP contribution in [0.15, 0.2) is 6.07 Å². The standard InChI is InChI=1S/C15H24N4O/c1-3-7-16-14-9-15(19-13(4-2)18-14)17-11-8-10-5-6-12(11)20-10/h9-12H,3-8H2,1-2H3,(H2,16,17,18,19). The minimum atomic E-state index is 0.368. The summed E-state index contributed by atoms with van der Waals surface area (Å²) >= 11 is 0. The molecule has 3 heterocycles. The van der Waals surface area contributed by atoms with E-state index in [9.17, 15) is 0 Å². The van der Waals surface area contributed by atoms with Gasteiger partial charge in [0.1, 0.15) is 17.5 Å². The van der Waals surface area contributed by atoms with Crippen molar-refractivity contribution in [2.45, 2.75) is 64.2 Å². The van der Waals surface area contributed by atoms with Crippen molar-refractivity contribution in [2.75, 3.05) is 17.2 Å². The van der Waals surface area contributed by atoms with Crippen LogP contribution >= 0.6 is 0 Å². The first-order valence-electron chi connectivity index (χ1n) is 7.82. The lowest BCUT2D eigenvalue weighted by molar-refractivity contribution is 0.102. The molecule has 0 spiro atoms. The Bertz CT molecular complexity index is 465. The SMILES string of the molecule is CCCNc1cc(NC2CC3CCC2O3)nc(CC)n1. The maximum Gasteiger partial charge on any atom is 0.132 e. The van der Waals surface area contributed by atoms with Crippen molar-refractivity contribution < 1.29 is 4.74 Å². The Labute approximate surface area is 120 Å². The zero-order chi connectivity index (χ0) is 13.9. The van der Waals surface area contributed by atoms with Gasteiger partial charge in [-0.3, -0.25) is 0 Å². The van der Waals surface area contributed by atoms with E-state index in [-0.39, 0.29) is 0 Å². The molecule has 2 bridgehead atoms. The van der Waals surface area contributed by atoms with E-state index in [1.807, 2.05) is 6.07 Å². The number of nitrogens with one attached hydrogen (secondary N) is 2. The van der Waals surface area contributed by atoms with Gasteiger partial charge in [0.05, 0.1) is 18.2 Å². The Balaban J connectivity index is 1.71. The van der Waals surface area contributed by atoms with Crippen LogP contribution in [0, 0.1) is 0 Å². The number of fused-ring (bicyclic) bond motifs is 2. The highest BCUT2D eigenvalue weighted by molar-refractivity contribution is 5.48. The van der Waals surface area contributed by atoms with Gasteiger partial charge in [-0.1, -0.05) is 13.8 Å². The van der Waals surface area contributed by atoms with Gasteiger partial charge in [0.2, 0.25) is 0 Å². The van der Waals surface area contributed by atoms with Crippen LogP contribution in [0.4, 0.5) is 11.6 Å². The molecule has 5 heteroatoms. The average Bonchev–Trinajstić information content (AvgIpc) is 3.07. The van der Waals surface area contributed by atoms with Gasteiger partial charge in [-0.15, -0.1) is 0 Å². The minimum Gasteiger partial charge on any atom is -0.373 e. The number of anilines is 2. The van der Waals surface area contributed by atoms with Crippen LogP contribution in [-0.4, -0.2) is 34.8 Å². The molecule has 3 rings (SSSR count). The molecule has 0 aromatic carbocycles. The summed E-state index contributed by atoms with van der Waals surface area (Å²) in [6, 6.07) is 2.42. The predicted molar refractivity (Wildman–Crippen MR) is 80.1 cm³/mol. The summed E-state index contributed by atoms with van der Waals surface area (Å²) in [6.07, 6.45) is 6.27. The quantitative estimate of drug-likeness (QED) is 0.836. The van der Waals surface area contributed by atoms with Gasteiger partial charge in [0.15, 0.2) is 0 Å². The van der Waals surface area contributed by atoms with Crippen LogP contribution in [0.1, 0.15) is 45.4 Å². The highest BCUT2D eigenvalue weighted by Gasteiger charge is 2.40. The van der Waals surface area contributed by atoms with Gasteiger partial charge in [-0.05, 0) is 25.7 Å². The Hall–Kier alpha value is -1.36. The zero-order valence-electron chi connectivity index (χ0n) is 12.4. The monoisotopic (exact) mass is 276 g/mol. The van der Waals surface area contributed by atoms with Crippen molar-refractivity contribution in [3.63, 3.8) is 0 Å². The lowest BCUT2D eigenvalue weighted by Gasteiger charge is -2.21. The molecule has 0 amide bonds. The van der Waals surface area contributed by atoms with Gasteiger partial charge in [-0.2, -0.15) is 0 Å². The van der Waals surface area contributed by atoms with Gasteiger partial charge < -0.3 is 15.4 Å². The van der Waals surface area contributed by atoms with Gasteiger partial charge in [-0.25, -0.2) is 9.97 Å². The van der Waals surface area contributed by atoms with E-state index >= 15 is 0 Å². The Kier molecular flexibility index (Phi) is 4.05. The molecule has 3 unspecified atom stereocenters. The first kappa shape index (κ1) is 13.6. The third-order valence-corrected chi connectivity index (χ3v) is 4.08. The van der Waals surface area contributed by atoms with Gasteiger partial charge in [0, 0.05) is 19.0 Å². The van der Waals surface area contributed by atoms with Crippen molar-refractivity contribution in [1.82, 2.24) is 9.97 Å². The largest absolute Gasteiger partial charge is 0.373 e. The molecule has 2 N–H and O–H groups in total. The van der Waals surface area contributed by atoms with Crippen LogP contribution in [0.3, 0.4) is 0 Å². The first-order valence-corrected chi connectivity index (χ1v) is 7.82. The van der Waals surface area contributed by atoms with Crippen LogP contribution in [0.25, 0.3) is 0 Å². The number of nitrogens with zero attached hydrogens (tertiary/aromatic N) is 2. The molecule has 1 aromatic heterocycles. The molecule has 0 radical (unpaired) electrons. The van der Waals surface area contributed by atoms with Crippen molar-refractivity contribution in [1.29, 1.82) is 0 Å². The van der Waals surface area contributed by atoms with E-state index in [1.54, 1.807) is 0 Å². The second-order valence-electron chi connectivity index (χ2n) is 5.70. The number of aryl methyl sites for hydroxylation is 1. The normalized spacial score (nSPS) is 27.8. The van der Waals surface area contributed by atoms with Crippen LogP contribution in [-0.2, 0) is 11.2 Å². The summed E-state index contributed by atoms with van der Waals surface area (Å²) in [5, 5.41) is 6.89. The van der Waals surface area contributed by atoms with E-state index in [0.29, 0.717) is 18.2 Å². The third-order valence-electron chi connectivity index (χ3n) is 4.08. The topological polar surface area (TPSA) is 59.1 Å². The van der Waals surface area contributed by atoms with E-state index in [0.717, 1.165) is 43.3 Å². The molecule has 110 valence electrons. The lowest BCUT2D eigenvalue weighted by atomic mass is 9.95. The van der Waals surface area contributed by atoms with Crippen molar-refractivity contribution in [2.24, 2.45) is 0 Å². The average molecular weight is 276 g/mol. The summed E-state index contributed by atoms with van der Waals surface area (Å²) < 4.78 is 5.89. The highest BCUT2D eigenvalue weighted by atomic mass is 16.5. The molecular weight excluding hydrogens is 252 g/mol. The number of ether oxygens (including phenoxy) is 1. The van der Waals surface area contributed by atoms with Gasteiger partial charge in [0.25, 0.3) is 0 Å². The minimum absolute atomic E-state index is 0.368. The van der Waals surface area contributed by atoms with Crippen LogP contribution < -0.4 is 10.6 Å². The Morgan fingerprint density at radius 2 is 2.10 bits per heavy atom. The number of hydrogen-bond acceptors (Lipinski definition) is 5. The molecule has 2 aliphatic rings. The maximum absolute atomic E-state index is 5.89. The predicted octanol–water partition coefficient (Wildman–Crippen LogP) is 2.59. The summed E-state index contributed by atoms with van der Waals surface area (Å²) in [7, 11) is 0. The van der Waals surface area contributed by atoms with E-state index < -0.39 is 0 Å². The second-order valence-corrected chi connectivity index (χ2v) is 5.70. The summed E-state index contributed by atoms with van der Waals surface area (Å²) in [4.78, 5) is 9.11. The summed E-state index contributed by atoms with van der Waals surface area (Å²) in [5.41, 5.74) is 0. The fraction of sp³-hybridized carbons (Fsp3) is 0.733. The maximum atomic E-state index is 5.89. The lowest BCUT2D eigenvalue weighted by Crippen LogP contribution is -2.31. The molecule has 2 fully saturated rings. The fourth-order valence-corrected chi connectivity index (χ4v) is 3.05. The number of aromatic nitrogens is 2. The van der Waals surface area contributed by atoms with E-state index in [1.165, 1.54) is 12.8 Å².